The van der Waals surface area contributed by atoms with Gasteiger partial charge in [-0.05, 0) is 24.5 Å². The van der Waals surface area contributed by atoms with Crippen LogP contribution in [0.1, 0.15) is 44.4 Å². The molecule has 1 unspecified atom stereocenters. The Hall–Kier alpha value is -0.430. The van der Waals surface area contributed by atoms with Crippen molar-refractivity contribution in [3.63, 3.8) is 0 Å². The molecule has 0 fully saturated rings. The fraction of sp³-hybridized carbons (Fsp3) is 0.714. The van der Waals surface area contributed by atoms with E-state index in [4.69, 9.17) is 5.11 Å². The van der Waals surface area contributed by atoms with Crippen LogP contribution in [-0.4, -0.2) is 26.7 Å². The monoisotopic (exact) mass is 319 g/mol. The van der Waals surface area contributed by atoms with E-state index >= 15 is 0 Å². The number of hydrogen-bond donors (Lipinski definition) is 2. The number of nitrogens with one attached hydrogen (secondary N) is 1. The van der Waals surface area contributed by atoms with Crippen molar-refractivity contribution in [2.75, 3.05) is 13.2 Å². The summed E-state index contributed by atoms with van der Waals surface area (Å²) in [4.78, 5) is 0.894. The van der Waals surface area contributed by atoms with Crippen molar-refractivity contribution in [1.82, 2.24) is 4.72 Å². The van der Waals surface area contributed by atoms with Gasteiger partial charge in [-0.15, -0.1) is 11.3 Å². The maximum absolute atomic E-state index is 12.2. The third-order valence-corrected chi connectivity index (χ3v) is 6.43. The van der Waals surface area contributed by atoms with Crippen LogP contribution in [0.15, 0.2) is 16.3 Å². The minimum absolute atomic E-state index is 0.0440. The molecular formula is C14H25NO3S2. The van der Waals surface area contributed by atoms with Gasteiger partial charge in [-0.1, -0.05) is 33.1 Å². The fourth-order valence-electron chi connectivity index (χ4n) is 1.99. The molecule has 0 spiro atoms. The highest BCUT2D eigenvalue weighted by molar-refractivity contribution is 7.91. The van der Waals surface area contributed by atoms with E-state index in [0.717, 1.165) is 30.6 Å². The van der Waals surface area contributed by atoms with Crippen molar-refractivity contribution in [1.29, 1.82) is 0 Å². The molecule has 0 aliphatic carbocycles. The molecule has 0 aromatic carbocycles. The number of hydrogen-bond acceptors (Lipinski definition) is 4. The van der Waals surface area contributed by atoms with Gasteiger partial charge in [0.25, 0.3) is 0 Å². The SMILES string of the molecule is CCCCC(CC)CNS(=O)(=O)c1ccc(CCO)s1. The van der Waals surface area contributed by atoms with Crippen molar-refractivity contribution in [3.05, 3.63) is 17.0 Å². The van der Waals surface area contributed by atoms with Crippen LogP contribution < -0.4 is 4.72 Å². The maximum atomic E-state index is 12.2. The molecule has 0 saturated heterocycles. The van der Waals surface area contributed by atoms with Gasteiger partial charge in [0.05, 0.1) is 0 Å². The van der Waals surface area contributed by atoms with Gasteiger partial charge in [0.15, 0.2) is 0 Å². The number of aliphatic hydroxyl groups excluding tert-OH is 1. The number of sulfonamides is 1. The van der Waals surface area contributed by atoms with E-state index in [-0.39, 0.29) is 6.61 Å². The molecule has 116 valence electrons. The fourth-order valence-corrected chi connectivity index (χ4v) is 4.49. The average Bonchev–Trinajstić information content (AvgIpc) is 2.89. The van der Waals surface area contributed by atoms with Crippen LogP contribution in [0.4, 0.5) is 0 Å². The molecule has 1 rings (SSSR count). The van der Waals surface area contributed by atoms with Gasteiger partial charge < -0.3 is 5.11 Å². The predicted molar refractivity (Wildman–Crippen MR) is 83.6 cm³/mol. The lowest BCUT2D eigenvalue weighted by Crippen LogP contribution is -2.28. The first kappa shape index (κ1) is 17.6. The molecule has 20 heavy (non-hydrogen) atoms. The summed E-state index contributed by atoms with van der Waals surface area (Å²) in [5.74, 6) is 0.404. The largest absolute Gasteiger partial charge is 0.396 e. The first-order valence-electron chi connectivity index (χ1n) is 7.22. The number of unbranched alkanes of at least 4 members (excludes halogenated alkanes) is 1. The van der Waals surface area contributed by atoms with Crippen LogP contribution in [0, 0.1) is 5.92 Å². The van der Waals surface area contributed by atoms with Crippen LogP contribution in [0.2, 0.25) is 0 Å². The molecule has 2 N–H and O–H groups in total. The second-order valence-corrected chi connectivity index (χ2v) is 8.12. The van der Waals surface area contributed by atoms with Gasteiger partial charge in [0.1, 0.15) is 4.21 Å². The van der Waals surface area contributed by atoms with E-state index in [0.29, 0.717) is 23.1 Å². The van der Waals surface area contributed by atoms with Crippen molar-refractivity contribution in [2.24, 2.45) is 5.92 Å². The molecule has 1 aromatic rings. The summed E-state index contributed by atoms with van der Waals surface area (Å²) >= 11 is 1.23. The Morgan fingerprint density at radius 1 is 1.35 bits per heavy atom. The molecule has 0 aliphatic rings. The standard InChI is InChI=1S/C14H25NO3S2/c1-3-5-6-12(4-2)11-15-20(17,18)14-8-7-13(19-14)9-10-16/h7-8,12,15-16H,3-6,9-11H2,1-2H3. The topological polar surface area (TPSA) is 66.4 Å². The Kier molecular flexibility index (Phi) is 7.72. The summed E-state index contributed by atoms with van der Waals surface area (Å²) in [6.07, 6.45) is 4.84. The third kappa shape index (κ3) is 5.52. The van der Waals surface area contributed by atoms with Crippen LogP contribution in [0.3, 0.4) is 0 Å². The Morgan fingerprint density at radius 3 is 2.70 bits per heavy atom. The van der Waals surface area contributed by atoms with Crippen molar-refractivity contribution in [2.45, 2.75) is 50.2 Å². The first-order chi connectivity index (χ1) is 9.53. The van der Waals surface area contributed by atoms with E-state index in [1.165, 1.54) is 11.3 Å². The quantitative estimate of drug-likeness (QED) is 0.697. The Morgan fingerprint density at radius 2 is 2.10 bits per heavy atom. The summed E-state index contributed by atoms with van der Waals surface area (Å²) < 4.78 is 27.4. The van der Waals surface area contributed by atoms with E-state index in [1.807, 2.05) is 0 Å². The van der Waals surface area contributed by atoms with Crippen molar-refractivity contribution >= 4 is 21.4 Å². The highest BCUT2D eigenvalue weighted by atomic mass is 32.2. The molecule has 1 atom stereocenters. The van der Waals surface area contributed by atoms with Crippen molar-refractivity contribution in [3.8, 4) is 0 Å². The summed E-state index contributed by atoms with van der Waals surface area (Å²) in [5, 5.41) is 8.86. The molecule has 0 bridgehead atoms. The summed E-state index contributed by atoms with van der Waals surface area (Å²) in [6, 6.07) is 3.38. The number of aliphatic hydroxyl groups is 1. The molecule has 0 saturated carbocycles. The lowest BCUT2D eigenvalue weighted by atomic mass is 10.00. The molecule has 1 aromatic heterocycles. The molecule has 0 amide bonds. The highest BCUT2D eigenvalue weighted by Gasteiger charge is 2.18. The normalized spacial score (nSPS) is 13.6. The zero-order valence-corrected chi connectivity index (χ0v) is 13.9. The minimum Gasteiger partial charge on any atom is -0.396 e. The predicted octanol–water partition coefficient (Wildman–Crippen LogP) is 2.78. The van der Waals surface area contributed by atoms with Crippen LogP contribution in [0.5, 0.6) is 0 Å². The van der Waals surface area contributed by atoms with Crippen molar-refractivity contribution < 1.29 is 13.5 Å². The Labute approximate surface area is 126 Å². The summed E-state index contributed by atoms with van der Waals surface area (Å²) in [6.45, 7) is 4.79. The summed E-state index contributed by atoms with van der Waals surface area (Å²) in [5.41, 5.74) is 0. The molecule has 6 heteroatoms. The van der Waals surface area contributed by atoms with Crippen LogP contribution >= 0.6 is 11.3 Å². The lowest BCUT2D eigenvalue weighted by Gasteiger charge is -2.14. The van der Waals surface area contributed by atoms with Gasteiger partial charge in [-0.25, -0.2) is 13.1 Å². The lowest BCUT2D eigenvalue weighted by molar-refractivity contribution is 0.300. The number of thiophene rings is 1. The van der Waals surface area contributed by atoms with Gasteiger partial charge in [0.2, 0.25) is 10.0 Å². The molecule has 0 radical (unpaired) electrons. The second kappa shape index (κ2) is 8.77. The molecular weight excluding hydrogens is 294 g/mol. The first-order valence-corrected chi connectivity index (χ1v) is 9.52. The van der Waals surface area contributed by atoms with E-state index < -0.39 is 10.0 Å². The molecule has 0 aliphatic heterocycles. The molecule has 1 heterocycles. The van der Waals surface area contributed by atoms with Gasteiger partial charge in [-0.3, -0.25) is 0 Å². The van der Waals surface area contributed by atoms with Gasteiger partial charge in [-0.2, -0.15) is 0 Å². The van der Waals surface area contributed by atoms with E-state index in [9.17, 15) is 8.42 Å². The van der Waals surface area contributed by atoms with E-state index in [2.05, 4.69) is 18.6 Å². The second-order valence-electron chi connectivity index (χ2n) is 4.96. The zero-order chi connectivity index (χ0) is 15.0. The van der Waals surface area contributed by atoms with E-state index in [1.54, 1.807) is 12.1 Å². The number of rotatable bonds is 10. The molecule has 4 nitrogen and oxygen atoms in total. The third-order valence-electron chi connectivity index (χ3n) is 3.37. The summed E-state index contributed by atoms with van der Waals surface area (Å²) in [7, 11) is -3.40. The maximum Gasteiger partial charge on any atom is 0.250 e. The minimum atomic E-state index is -3.40. The zero-order valence-electron chi connectivity index (χ0n) is 12.3. The van der Waals surface area contributed by atoms with Gasteiger partial charge in [0, 0.05) is 24.4 Å². The van der Waals surface area contributed by atoms with Crippen LogP contribution in [-0.2, 0) is 16.4 Å². The average molecular weight is 319 g/mol. The Bertz CT molecular complexity index is 482. The van der Waals surface area contributed by atoms with Crippen LogP contribution in [0.25, 0.3) is 0 Å². The smallest absolute Gasteiger partial charge is 0.250 e. The van der Waals surface area contributed by atoms with Gasteiger partial charge >= 0.3 is 0 Å². The Balaban J connectivity index is 2.59. The highest BCUT2D eigenvalue weighted by Crippen LogP contribution is 2.22.